The van der Waals surface area contributed by atoms with Crippen molar-refractivity contribution in [3.63, 3.8) is 0 Å². The molecule has 4 rings (SSSR count). The van der Waals surface area contributed by atoms with Crippen LogP contribution >= 0.6 is 11.8 Å². The molecule has 0 atom stereocenters. The number of benzene rings is 2. The normalized spacial score (nSPS) is 14.7. The highest BCUT2D eigenvalue weighted by molar-refractivity contribution is 7.99. The van der Waals surface area contributed by atoms with Gasteiger partial charge in [-0.15, -0.1) is 0 Å². The lowest BCUT2D eigenvalue weighted by atomic mass is 10.1. The van der Waals surface area contributed by atoms with Crippen LogP contribution in [0.2, 0.25) is 0 Å². The van der Waals surface area contributed by atoms with Crippen molar-refractivity contribution in [2.75, 3.05) is 18.5 Å². The van der Waals surface area contributed by atoms with Crippen molar-refractivity contribution in [3.8, 4) is 11.3 Å². The second-order valence-corrected chi connectivity index (χ2v) is 8.24. The Hall–Kier alpha value is -2.64. The van der Waals surface area contributed by atoms with Crippen LogP contribution in [-0.4, -0.2) is 34.6 Å². The predicted molar refractivity (Wildman–Crippen MR) is 114 cm³/mol. The van der Waals surface area contributed by atoms with Gasteiger partial charge >= 0.3 is 0 Å². The maximum atomic E-state index is 13.1. The zero-order valence-corrected chi connectivity index (χ0v) is 16.7. The second-order valence-electron chi connectivity index (χ2n) is 6.95. The molecule has 2 aromatic carbocycles. The number of hydrogen-bond acceptors (Lipinski definition) is 4. The number of amides is 1. The summed E-state index contributed by atoms with van der Waals surface area (Å²) in [5.74, 6) is 0.338. The molecule has 1 saturated heterocycles. The zero-order chi connectivity index (χ0) is 20.1. The van der Waals surface area contributed by atoms with E-state index in [1.807, 2.05) is 30.0 Å². The Labute approximate surface area is 173 Å². The van der Waals surface area contributed by atoms with E-state index in [1.165, 1.54) is 17.7 Å². The average Bonchev–Trinajstić information content (AvgIpc) is 3.24. The van der Waals surface area contributed by atoms with Gasteiger partial charge in [0.25, 0.3) is 5.91 Å². The van der Waals surface area contributed by atoms with Gasteiger partial charge in [-0.25, -0.2) is 4.39 Å². The fourth-order valence-corrected chi connectivity index (χ4v) is 4.33. The molecule has 2 N–H and O–H groups in total. The summed E-state index contributed by atoms with van der Waals surface area (Å²) >= 11 is 1.94. The number of aromatic amines is 1. The van der Waals surface area contributed by atoms with E-state index < -0.39 is 0 Å². The Bertz CT molecular complexity index is 968. The molecule has 1 fully saturated rings. The third-order valence-corrected chi connectivity index (χ3v) is 6.24. The SMILES string of the molecule is O=C(Nc1cccc(CSC2CCOCC2)c1)c1cc(-c2ccc(F)cc2)n[nH]1. The number of carbonyl (C=O) groups is 1. The number of ether oxygens (including phenoxy) is 1. The Morgan fingerprint density at radius 2 is 1.97 bits per heavy atom. The minimum Gasteiger partial charge on any atom is -0.381 e. The minimum absolute atomic E-state index is 0.264. The van der Waals surface area contributed by atoms with Crippen LogP contribution in [0, 0.1) is 5.82 Å². The first-order valence-corrected chi connectivity index (χ1v) is 10.6. The monoisotopic (exact) mass is 411 g/mol. The second kappa shape index (κ2) is 9.24. The van der Waals surface area contributed by atoms with E-state index in [0.29, 0.717) is 16.6 Å². The van der Waals surface area contributed by atoms with Gasteiger partial charge in [0.15, 0.2) is 0 Å². The smallest absolute Gasteiger partial charge is 0.273 e. The number of carbonyl (C=O) groups excluding carboxylic acids is 1. The molecular formula is C22H22FN3O2S. The average molecular weight is 412 g/mol. The number of H-pyrrole nitrogens is 1. The minimum atomic E-state index is -0.308. The maximum absolute atomic E-state index is 13.1. The highest BCUT2D eigenvalue weighted by atomic mass is 32.2. The van der Waals surface area contributed by atoms with Crippen LogP contribution in [0.15, 0.2) is 54.6 Å². The summed E-state index contributed by atoms with van der Waals surface area (Å²) < 4.78 is 18.5. The Morgan fingerprint density at radius 3 is 2.76 bits per heavy atom. The van der Waals surface area contributed by atoms with Gasteiger partial charge in [0.05, 0.1) is 5.69 Å². The largest absolute Gasteiger partial charge is 0.381 e. The molecule has 29 heavy (non-hydrogen) atoms. The predicted octanol–water partition coefficient (Wildman–Crippen LogP) is 4.88. The van der Waals surface area contributed by atoms with Gasteiger partial charge < -0.3 is 10.1 Å². The lowest BCUT2D eigenvalue weighted by molar-refractivity contribution is 0.0999. The highest BCUT2D eigenvalue weighted by Crippen LogP contribution is 2.26. The fraction of sp³-hybridized carbons (Fsp3) is 0.273. The van der Waals surface area contributed by atoms with Gasteiger partial charge in [-0.2, -0.15) is 16.9 Å². The van der Waals surface area contributed by atoms with Gasteiger partial charge in [-0.1, -0.05) is 12.1 Å². The molecule has 0 unspecified atom stereocenters. The van der Waals surface area contributed by atoms with Crippen LogP contribution in [0.3, 0.4) is 0 Å². The third-order valence-electron chi connectivity index (χ3n) is 4.80. The molecular weight excluding hydrogens is 389 g/mol. The van der Waals surface area contributed by atoms with E-state index >= 15 is 0 Å². The Balaban J connectivity index is 1.37. The molecule has 0 aliphatic carbocycles. The Kier molecular flexibility index (Phi) is 6.27. The highest BCUT2D eigenvalue weighted by Gasteiger charge is 2.15. The van der Waals surface area contributed by atoms with Gasteiger partial charge in [0, 0.05) is 35.5 Å². The van der Waals surface area contributed by atoms with Crippen LogP contribution in [0.25, 0.3) is 11.3 Å². The molecule has 1 aliphatic heterocycles. The number of aromatic nitrogens is 2. The summed E-state index contributed by atoms with van der Waals surface area (Å²) in [4.78, 5) is 12.6. The van der Waals surface area contributed by atoms with Gasteiger partial charge in [0.1, 0.15) is 11.5 Å². The number of anilines is 1. The number of nitrogens with one attached hydrogen (secondary N) is 2. The lowest BCUT2D eigenvalue weighted by Crippen LogP contribution is -2.17. The molecule has 0 radical (unpaired) electrons. The summed E-state index contributed by atoms with van der Waals surface area (Å²) in [7, 11) is 0. The molecule has 1 aliphatic rings. The van der Waals surface area contributed by atoms with Crippen molar-refractivity contribution < 1.29 is 13.9 Å². The number of rotatable bonds is 6. The summed E-state index contributed by atoms with van der Waals surface area (Å²) in [6, 6.07) is 15.6. The summed E-state index contributed by atoms with van der Waals surface area (Å²) in [5.41, 5.74) is 3.62. The van der Waals surface area contributed by atoms with Crippen molar-refractivity contribution in [2.45, 2.75) is 23.8 Å². The molecule has 0 saturated carbocycles. The Morgan fingerprint density at radius 1 is 1.17 bits per heavy atom. The van der Waals surface area contributed by atoms with Crippen molar-refractivity contribution in [1.29, 1.82) is 0 Å². The quantitative estimate of drug-likeness (QED) is 0.607. The number of thioether (sulfide) groups is 1. The first-order chi connectivity index (χ1) is 14.2. The molecule has 0 spiro atoms. The molecule has 1 aromatic heterocycles. The molecule has 3 aromatic rings. The van der Waals surface area contributed by atoms with E-state index in [9.17, 15) is 9.18 Å². The van der Waals surface area contributed by atoms with E-state index in [-0.39, 0.29) is 11.7 Å². The molecule has 1 amide bonds. The van der Waals surface area contributed by atoms with E-state index in [1.54, 1.807) is 18.2 Å². The molecule has 2 heterocycles. The first kappa shape index (κ1) is 19.7. The van der Waals surface area contributed by atoms with E-state index in [0.717, 1.165) is 43.1 Å². The van der Waals surface area contributed by atoms with Crippen molar-refractivity contribution in [1.82, 2.24) is 10.2 Å². The molecule has 0 bridgehead atoms. The summed E-state index contributed by atoms with van der Waals surface area (Å²) in [6.45, 7) is 1.69. The lowest BCUT2D eigenvalue weighted by Gasteiger charge is -2.21. The molecule has 150 valence electrons. The zero-order valence-electron chi connectivity index (χ0n) is 15.9. The number of nitrogens with zero attached hydrogens (tertiary/aromatic N) is 1. The van der Waals surface area contributed by atoms with Crippen molar-refractivity contribution in [3.05, 3.63) is 71.7 Å². The van der Waals surface area contributed by atoms with Crippen LogP contribution in [-0.2, 0) is 10.5 Å². The summed E-state index contributed by atoms with van der Waals surface area (Å²) in [6.07, 6.45) is 2.19. The fourth-order valence-electron chi connectivity index (χ4n) is 3.20. The number of hydrogen-bond donors (Lipinski definition) is 2. The molecule has 5 nitrogen and oxygen atoms in total. The van der Waals surface area contributed by atoms with Gasteiger partial charge in [-0.05, 0) is 60.9 Å². The maximum Gasteiger partial charge on any atom is 0.273 e. The van der Waals surface area contributed by atoms with Gasteiger partial charge in [0.2, 0.25) is 0 Å². The van der Waals surface area contributed by atoms with Crippen LogP contribution in [0.5, 0.6) is 0 Å². The number of halogens is 1. The molecule has 7 heteroatoms. The van der Waals surface area contributed by atoms with Crippen LogP contribution in [0.1, 0.15) is 28.9 Å². The third kappa shape index (κ3) is 5.25. The van der Waals surface area contributed by atoms with Crippen LogP contribution < -0.4 is 5.32 Å². The first-order valence-electron chi connectivity index (χ1n) is 9.58. The topological polar surface area (TPSA) is 67.0 Å². The van der Waals surface area contributed by atoms with Crippen LogP contribution in [0.4, 0.5) is 10.1 Å². The van der Waals surface area contributed by atoms with Gasteiger partial charge in [-0.3, -0.25) is 9.89 Å². The van der Waals surface area contributed by atoms with Crippen molar-refractivity contribution >= 4 is 23.4 Å². The van der Waals surface area contributed by atoms with Crippen molar-refractivity contribution in [2.24, 2.45) is 0 Å². The van der Waals surface area contributed by atoms with E-state index in [4.69, 9.17) is 4.74 Å². The standard InChI is InChI=1S/C22H22FN3O2S/c23-17-6-4-16(5-7-17)20-13-21(26-25-20)22(27)24-18-3-1-2-15(12-18)14-29-19-8-10-28-11-9-19/h1-7,12-13,19H,8-11,14H2,(H,24,27)(H,25,26). The van der Waals surface area contributed by atoms with E-state index in [2.05, 4.69) is 21.6 Å². The summed E-state index contributed by atoms with van der Waals surface area (Å²) in [5, 5.41) is 10.5.